The number of aromatic amines is 1. The van der Waals surface area contributed by atoms with Crippen molar-refractivity contribution < 1.29 is 18.7 Å². The normalized spacial score (nSPS) is 11.8. The number of hydrogen-bond donors (Lipinski definition) is 2. The maximum absolute atomic E-state index is 13.1. The van der Waals surface area contributed by atoms with E-state index in [4.69, 9.17) is 4.74 Å². The van der Waals surface area contributed by atoms with Gasteiger partial charge in [0.1, 0.15) is 11.6 Å². The molecule has 0 aliphatic heterocycles. The van der Waals surface area contributed by atoms with Crippen molar-refractivity contribution in [3.05, 3.63) is 89.6 Å². The molecule has 0 aliphatic rings. The number of fused-ring (bicyclic) bond motifs is 1. The van der Waals surface area contributed by atoms with E-state index in [-0.39, 0.29) is 5.82 Å². The number of carbonyl (C=O) groups excluding carboxylic acids is 2. The molecule has 0 saturated heterocycles. The number of carbonyl (C=O) groups is 2. The number of esters is 1. The van der Waals surface area contributed by atoms with E-state index in [1.165, 1.54) is 30.4 Å². The predicted molar refractivity (Wildman–Crippen MR) is 133 cm³/mol. The summed E-state index contributed by atoms with van der Waals surface area (Å²) in [5.74, 6) is -0.775. The number of H-pyrrole nitrogens is 1. The van der Waals surface area contributed by atoms with Crippen LogP contribution in [-0.2, 0) is 9.53 Å². The Labute approximate surface area is 203 Å². The van der Waals surface area contributed by atoms with Gasteiger partial charge in [0.25, 0.3) is 5.91 Å². The molecule has 0 bridgehead atoms. The molecule has 0 radical (unpaired) electrons. The van der Waals surface area contributed by atoms with E-state index in [2.05, 4.69) is 20.3 Å². The minimum absolute atomic E-state index is 0.299. The second kappa shape index (κ2) is 9.47. The number of nitrogens with one attached hydrogen (secondary N) is 2. The lowest BCUT2D eigenvalue weighted by Gasteiger charge is -2.12. The third-order valence-electron chi connectivity index (χ3n) is 5.29. The number of anilines is 1. The molecular formula is C26H19FN4O3S. The number of halogens is 1. The zero-order valence-electron chi connectivity index (χ0n) is 18.5. The molecule has 9 heteroatoms. The molecule has 5 rings (SSSR count). The molecular weight excluding hydrogens is 467 g/mol. The SMILES string of the molecule is CC(OC(=O)c1ccc2nc(-c3ccccc3)[nH]c2c1)C(=O)Nc1nc(-c2ccc(F)cc2)cs1. The number of imidazole rings is 1. The zero-order valence-corrected chi connectivity index (χ0v) is 19.3. The Hall–Kier alpha value is -4.37. The molecule has 0 fully saturated rings. The fraction of sp³-hybridized carbons (Fsp3) is 0.0769. The minimum atomic E-state index is -1.04. The first-order valence-electron chi connectivity index (χ1n) is 10.7. The van der Waals surface area contributed by atoms with Crippen molar-refractivity contribution in [3.63, 3.8) is 0 Å². The van der Waals surface area contributed by atoms with Crippen LogP contribution in [0.25, 0.3) is 33.7 Å². The summed E-state index contributed by atoms with van der Waals surface area (Å²) in [6.07, 6.45) is -1.04. The first-order valence-corrected chi connectivity index (χ1v) is 11.6. The van der Waals surface area contributed by atoms with Crippen molar-refractivity contribution >= 4 is 39.4 Å². The highest BCUT2D eigenvalue weighted by molar-refractivity contribution is 7.14. The summed E-state index contributed by atoms with van der Waals surface area (Å²) in [7, 11) is 0. The van der Waals surface area contributed by atoms with Gasteiger partial charge in [0.15, 0.2) is 11.2 Å². The fourth-order valence-electron chi connectivity index (χ4n) is 3.44. The molecule has 0 spiro atoms. The Bertz CT molecular complexity index is 1510. The summed E-state index contributed by atoms with van der Waals surface area (Å²) in [5.41, 5.74) is 3.97. The summed E-state index contributed by atoms with van der Waals surface area (Å²) in [5, 5.41) is 4.76. The molecule has 1 unspecified atom stereocenters. The van der Waals surface area contributed by atoms with Gasteiger partial charge in [-0.05, 0) is 49.4 Å². The van der Waals surface area contributed by atoms with E-state index in [0.29, 0.717) is 33.2 Å². The van der Waals surface area contributed by atoms with Crippen LogP contribution in [0.3, 0.4) is 0 Å². The van der Waals surface area contributed by atoms with Gasteiger partial charge in [0.2, 0.25) is 0 Å². The molecule has 7 nitrogen and oxygen atoms in total. The van der Waals surface area contributed by atoms with Gasteiger partial charge in [-0.1, -0.05) is 30.3 Å². The maximum atomic E-state index is 13.1. The maximum Gasteiger partial charge on any atom is 0.338 e. The molecule has 1 atom stereocenters. The fourth-order valence-corrected chi connectivity index (χ4v) is 4.17. The third-order valence-corrected chi connectivity index (χ3v) is 6.05. The van der Waals surface area contributed by atoms with Crippen LogP contribution in [0.2, 0.25) is 0 Å². The van der Waals surface area contributed by atoms with Crippen LogP contribution < -0.4 is 5.32 Å². The van der Waals surface area contributed by atoms with E-state index >= 15 is 0 Å². The van der Waals surface area contributed by atoms with Gasteiger partial charge in [-0.25, -0.2) is 19.2 Å². The molecule has 35 heavy (non-hydrogen) atoms. The van der Waals surface area contributed by atoms with Crippen molar-refractivity contribution in [2.45, 2.75) is 13.0 Å². The second-order valence-corrected chi connectivity index (χ2v) is 8.62. The molecule has 174 valence electrons. The molecule has 2 heterocycles. The summed E-state index contributed by atoms with van der Waals surface area (Å²) in [6.45, 7) is 1.49. The molecule has 0 saturated carbocycles. The van der Waals surface area contributed by atoms with Gasteiger partial charge in [-0.3, -0.25) is 10.1 Å². The second-order valence-electron chi connectivity index (χ2n) is 7.76. The van der Waals surface area contributed by atoms with Gasteiger partial charge in [-0.15, -0.1) is 11.3 Å². The highest BCUT2D eigenvalue weighted by atomic mass is 32.1. The number of hydrogen-bond acceptors (Lipinski definition) is 6. The summed E-state index contributed by atoms with van der Waals surface area (Å²) in [4.78, 5) is 37.3. The van der Waals surface area contributed by atoms with Gasteiger partial charge < -0.3 is 9.72 Å². The molecule has 1 amide bonds. The highest BCUT2D eigenvalue weighted by Crippen LogP contribution is 2.25. The molecule has 0 aliphatic carbocycles. The number of rotatable bonds is 6. The summed E-state index contributed by atoms with van der Waals surface area (Å²) >= 11 is 1.22. The van der Waals surface area contributed by atoms with Crippen LogP contribution in [0, 0.1) is 5.82 Å². The number of thiazole rings is 1. The van der Waals surface area contributed by atoms with Crippen molar-refractivity contribution in [3.8, 4) is 22.6 Å². The highest BCUT2D eigenvalue weighted by Gasteiger charge is 2.21. The lowest BCUT2D eigenvalue weighted by atomic mass is 10.2. The Kier molecular flexibility index (Phi) is 6.07. The Morgan fingerprint density at radius 3 is 2.54 bits per heavy atom. The Balaban J connectivity index is 1.24. The smallest absolute Gasteiger partial charge is 0.338 e. The average molecular weight is 487 g/mol. The summed E-state index contributed by atoms with van der Waals surface area (Å²) < 4.78 is 18.5. The van der Waals surface area contributed by atoms with Crippen LogP contribution in [0.5, 0.6) is 0 Å². The van der Waals surface area contributed by atoms with E-state index in [1.807, 2.05) is 30.3 Å². The van der Waals surface area contributed by atoms with Gasteiger partial charge in [0, 0.05) is 16.5 Å². The number of aromatic nitrogens is 3. The minimum Gasteiger partial charge on any atom is -0.449 e. The van der Waals surface area contributed by atoms with Gasteiger partial charge in [-0.2, -0.15) is 0 Å². The largest absolute Gasteiger partial charge is 0.449 e. The van der Waals surface area contributed by atoms with Crippen molar-refractivity contribution in [1.82, 2.24) is 15.0 Å². The van der Waals surface area contributed by atoms with Crippen LogP contribution in [-0.4, -0.2) is 32.9 Å². The lowest BCUT2D eigenvalue weighted by molar-refractivity contribution is -0.123. The number of ether oxygens (including phenoxy) is 1. The molecule has 3 aromatic carbocycles. The van der Waals surface area contributed by atoms with Crippen LogP contribution in [0.4, 0.5) is 9.52 Å². The van der Waals surface area contributed by atoms with Crippen LogP contribution >= 0.6 is 11.3 Å². The monoisotopic (exact) mass is 486 g/mol. The first kappa shape index (κ1) is 22.4. The zero-order chi connectivity index (χ0) is 24.4. The quantitative estimate of drug-likeness (QED) is 0.301. The first-order chi connectivity index (χ1) is 17.0. The predicted octanol–water partition coefficient (Wildman–Crippen LogP) is 5.68. The third kappa shape index (κ3) is 4.95. The van der Waals surface area contributed by atoms with Crippen LogP contribution in [0.1, 0.15) is 17.3 Å². The van der Waals surface area contributed by atoms with E-state index in [1.54, 1.807) is 35.7 Å². The standard InChI is InChI=1S/C26H19FN4O3S/c1-15(24(32)31-26-30-22(14-35-26)16-7-10-19(27)11-8-16)34-25(33)18-9-12-20-21(13-18)29-23(28-20)17-5-3-2-4-6-17/h2-15H,1H3,(H,28,29)(H,30,31,32). The molecule has 5 aromatic rings. The number of benzene rings is 3. The summed E-state index contributed by atoms with van der Waals surface area (Å²) in [6, 6.07) is 20.6. The molecule has 2 aromatic heterocycles. The van der Waals surface area contributed by atoms with Crippen molar-refractivity contribution in [2.24, 2.45) is 0 Å². The average Bonchev–Trinajstić information content (AvgIpc) is 3.51. The van der Waals surface area contributed by atoms with Gasteiger partial charge in [0.05, 0.1) is 22.3 Å². The topological polar surface area (TPSA) is 97.0 Å². The number of amides is 1. The van der Waals surface area contributed by atoms with Crippen LogP contribution in [0.15, 0.2) is 78.2 Å². The van der Waals surface area contributed by atoms with Crippen molar-refractivity contribution in [1.29, 1.82) is 0 Å². The lowest BCUT2D eigenvalue weighted by Crippen LogP contribution is -2.29. The molecule has 2 N–H and O–H groups in total. The van der Waals surface area contributed by atoms with Gasteiger partial charge >= 0.3 is 5.97 Å². The van der Waals surface area contributed by atoms with E-state index < -0.39 is 18.0 Å². The Morgan fingerprint density at radius 2 is 1.77 bits per heavy atom. The number of nitrogens with zero attached hydrogens (tertiary/aromatic N) is 2. The van der Waals surface area contributed by atoms with Crippen molar-refractivity contribution in [2.75, 3.05) is 5.32 Å². The Morgan fingerprint density at radius 1 is 1.00 bits per heavy atom. The van der Waals surface area contributed by atoms with E-state index in [9.17, 15) is 14.0 Å². The van der Waals surface area contributed by atoms with E-state index in [0.717, 1.165) is 11.1 Å².